The highest BCUT2D eigenvalue weighted by Gasteiger charge is 2.24. The fourth-order valence-electron chi connectivity index (χ4n) is 2.24. The molecule has 1 atom stereocenters. The highest BCUT2D eigenvalue weighted by atomic mass is 32.1. The van der Waals surface area contributed by atoms with Gasteiger partial charge < -0.3 is 5.11 Å². The van der Waals surface area contributed by atoms with Gasteiger partial charge in [0.25, 0.3) is 0 Å². The maximum absolute atomic E-state index is 11.6. The van der Waals surface area contributed by atoms with Gasteiger partial charge in [0.2, 0.25) is 0 Å². The van der Waals surface area contributed by atoms with Crippen molar-refractivity contribution in [3.8, 4) is 0 Å². The molecule has 0 aliphatic rings. The number of carboxylic acid groups (broad SMARTS) is 1. The molecule has 3 aromatic rings. The van der Waals surface area contributed by atoms with Crippen LogP contribution in [0.25, 0.3) is 10.2 Å². The van der Waals surface area contributed by atoms with Gasteiger partial charge in [-0.25, -0.2) is 9.97 Å². The zero-order chi connectivity index (χ0) is 13.9. The lowest BCUT2D eigenvalue weighted by molar-refractivity contribution is -0.138. The number of fused-ring (bicyclic) bond motifs is 1. The second kappa shape index (κ2) is 5.38. The molecule has 0 saturated heterocycles. The van der Waals surface area contributed by atoms with Crippen LogP contribution in [-0.2, 0) is 11.2 Å². The van der Waals surface area contributed by atoms with Gasteiger partial charge >= 0.3 is 5.97 Å². The van der Waals surface area contributed by atoms with Crippen molar-refractivity contribution < 1.29 is 9.90 Å². The number of aromatic nitrogens is 2. The number of aliphatic carboxylic acids is 1. The third-order valence-corrected chi connectivity index (χ3v) is 4.02. The van der Waals surface area contributed by atoms with Gasteiger partial charge in [0.1, 0.15) is 17.1 Å². The van der Waals surface area contributed by atoms with Gasteiger partial charge in [-0.2, -0.15) is 0 Å². The minimum absolute atomic E-state index is 0.429. The summed E-state index contributed by atoms with van der Waals surface area (Å²) in [7, 11) is 0. The van der Waals surface area contributed by atoms with E-state index in [0.29, 0.717) is 12.1 Å². The molecule has 0 aliphatic carbocycles. The van der Waals surface area contributed by atoms with Crippen molar-refractivity contribution in [2.24, 2.45) is 0 Å². The number of thiophene rings is 1. The first-order valence-corrected chi connectivity index (χ1v) is 7.08. The molecule has 20 heavy (non-hydrogen) atoms. The normalized spacial score (nSPS) is 12.4. The average molecular weight is 284 g/mol. The Hall–Kier alpha value is -2.27. The number of nitrogens with zero attached hydrogens (tertiary/aromatic N) is 2. The topological polar surface area (TPSA) is 63.1 Å². The molecule has 1 unspecified atom stereocenters. The predicted octanol–water partition coefficient (Wildman–Crippen LogP) is 3.10. The SMILES string of the molecule is O=C(O)C(Cc1ccccc1)c1ncnc2sccc12. The van der Waals surface area contributed by atoms with Crippen molar-refractivity contribution >= 4 is 27.5 Å². The van der Waals surface area contributed by atoms with Gasteiger partial charge in [-0.15, -0.1) is 11.3 Å². The Labute approximate surface area is 119 Å². The standard InChI is InChI=1S/C15H12N2O2S/c18-15(19)12(8-10-4-2-1-3-5-10)13-11-6-7-20-14(11)17-9-16-13/h1-7,9,12H,8H2,(H,18,19). The molecule has 0 radical (unpaired) electrons. The summed E-state index contributed by atoms with van der Waals surface area (Å²) in [6.07, 6.45) is 1.87. The Balaban J connectivity index is 2.03. The Kier molecular flexibility index (Phi) is 3.43. The lowest BCUT2D eigenvalue weighted by Gasteiger charge is -2.12. The van der Waals surface area contributed by atoms with Gasteiger partial charge in [0.05, 0.1) is 5.69 Å². The highest BCUT2D eigenvalue weighted by molar-refractivity contribution is 7.16. The van der Waals surface area contributed by atoms with E-state index in [4.69, 9.17) is 0 Å². The quantitative estimate of drug-likeness (QED) is 0.799. The molecule has 0 aliphatic heterocycles. The smallest absolute Gasteiger partial charge is 0.312 e. The summed E-state index contributed by atoms with van der Waals surface area (Å²) < 4.78 is 0. The summed E-state index contributed by atoms with van der Waals surface area (Å²) in [5.41, 5.74) is 1.58. The molecule has 100 valence electrons. The molecule has 0 spiro atoms. The Bertz CT molecular complexity index is 740. The van der Waals surface area contributed by atoms with Crippen LogP contribution in [0.4, 0.5) is 0 Å². The van der Waals surface area contributed by atoms with E-state index in [1.165, 1.54) is 17.7 Å². The molecular weight excluding hydrogens is 272 g/mol. The fourth-order valence-corrected chi connectivity index (χ4v) is 2.98. The van der Waals surface area contributed by atoms with Gasteiger partial charge in [-0.1, -0.05) is 30.3 Å². The van der Waals surface area contributed by atoms with Crippen LogP contribution >= 0.6 is 11.3 Å². The minimum atomic E-state index is -0.861. The lowest BCUT2D eigenvalue weighted by atomic mass is 9.94. The van der Waals surface area contributed by atoms with Gasteiger partial charge in [-0.05, 0) is 23.4 Å². The average Bonchev–Trinajstić information content (AvgIpc) is 2.94. The van der Waals surface area contributed by atoms with Crippen molar-refractivity contribution in [3.05, 3.63) is 59.4 Å². The molecule has 4 nitrogen and oxygen atoms in total. The third-order valence-electron chi connectivity index (χ3n) is 3.20. The second-order valence-electron chi connectivity index (χ2n) is 4.48. The lowest BCUT2D eigenvalue weighted by Crippen LogP contribution is -2.16. The zero-order valence-corrected chi connectivity index (χ0v) is 11.4. The first-order valence-electron chi connectivity index (χ1n) is 6.20. The van der Waals surface area contributed by atoms with E-state index < -0.39 is 11.9 Å². The molecule has 3 rings (SSSR count). The molecule has 1 aromatic carbocycles. The van der Waals surface area contributed by atoms with Gasteiger partial charge in [0, 0.05) is 5.39 Å². The first kappa shape index (κ1) is 12.7. The van der Waals surface area contributed by atoms with E-state index in [-0.39, 0.29) is 0 Å². The first-order chi connectivity index (χ1) is 9.75. The van der Waals surface area contributed by atoms with Crippen LogP contribution in [0.2, 0.25) is 0 Å². The van der Waals surface area contributed by atoms with E-state index in [1.807, 2.05) is 41.8 Å². The van der Waals surface area contributed by atoms with Crippen LogP contribution < -0.4 is 0 Å². The summed E-state index contributed by atoms with van der Waals surface area (Å²) in [6, 6.07) is 11.5. The Morgan fingerprint density at radius 1 is 1.20 bits per heavy atom. The third kappa shape index (κ3) is 2.40. The molecular formula is C15H12N2O2S. The number of hydrogen-bond acceptors (Lipinski definition) is 4. The summed E-state index contributed by atoms with van der Waals surface area (Å²) in [4.78, 5) is 20.8. The minimum Gasteiger partial charge on any atom is -0.481 e. The fraction of sp³-hybridized carbons (Fsp3) is 0.133. The number of rotatable bonds is 4. The van der Waals surface area contributed by atoms with E-state index in [1.54, 1.807) is 0 Å². The van der Waals surface area contributed by atoms with Crippen molar-refractivity contribution in [1.82, 2.24) is 9.97 Å². The maximum atomic E-state index is 11.6. The zero-order valence-electron chi connectivity index (χ0n) is 10.6. The number of carboxylic acids is 1. The van der Waals surface area contributed by atoms with Crippen LogP contribution in [0.1, 0.15) is 17.2 Å². The summed E-state index contributed by atoms with van der Waals surface area (Å²) in [5, 5.41) is 12.3. The second-order valence-corrected chi connectivity index (χ2v) is 5.37. The molecule has 0 fully saturated rings. The molecule has 1 N–H and O–H groups in total. The van der Waals surface area contributed by atoms with Crippen LogP contribution in [0.3, 0.4) is 0 Å². The van der Waals surface area contributed by atoms with Crippen LogP contribution in [0.15, 0.2) is 48.1 Å². The molecule has 2 aromatic heterocycles. The van der Waals surface area contributed by atoms with Crippen molar-refractivity contribution in [1.29, 1.82) is 0 Å². The predicted molar refractivity (Wildman–Crippen MR) is 77.9 cm³/mol. The summed E-state index contributed by atoms with van der Waals surface area (Å²) >= 11 is 1.49. The van der Waals surface area contributed by atoms with Crippen LogP contribution in [0.5, 0.6) is 0 Å². The summed E-state index contributed by atoms with van der Waals surface area (Å²) in [6.45, 7) is 0. The largest absolute Gasteiger partial charge is 0.481 e. The Morgan fingerprint density at radius 3 is 2.75 bits per heavy atom. The van der Waals surface area contributed by atoms with Crippen LogP contribution in [-0.4, -0.2) is 21.0 Å². The van der Waals surface area contributed by atoms with Crippen molar-refractivity contribution in [2.45, 2.75) is 12.3 Å². The molecule has 0 amide bonds. The highest BCUT2D eigenvalue weighted by Crippen LogP contribution is 2.28. The summed E-state index contributed by atoms with van der Waals surface area (Å²) in [5.74, 6) is -1.52. The van der Waals surface area contributed by atoms with Crippen molar-refractivity contribution in [2.75, 3.05) is 0 Å². The van der Waals surface area contributed by atoms with Crippen LogP contribution in [0, 0.1) is 0 Å². The maximum Gasteiger partial charge on any atom is 0.312 e. The number of benzene rings is 1. The van der Waals surface area contributed by atoms with E-state index >= 15 is 0 Å². The molecule has 0 bridgehead atoms. The van der Waals surface area contributed by atoms with E-state index in [2.05, 4.69) is 9.97 Å². The molecule has 0 saturated carbocycles. The monoisotopic (exact) mass is 284 g/mol. The number of carbonyl (C=O) groups is 1. The van der Waals surface area contributed by atoms with Gasteiger partial charge in [-0.3, -0.25) is 4.79 Å². The molecule has 5 heteroatoms. The molecule has 2 heterocycles. The van der Waals surface area contributed by atoms with Crippen molar-refractivity contribution in [3.63, 3.8) is 0 Å². The number of hydrogen-bond donors (Lipinski definition) is 1. The van der Waals surface area contributed by atoms with Gasteiger partial charge in [0.15, 0.2) is 0 Å². The van der Waals surface area contributed by atoms with E-state index in [9.17, 15) is 9.90 Å². The van der Waals surface area contributed by atoms with E-state index in [0.717, 1.165) is 15.8 Å². The Morgan fingerprint density at radius 2 is 2.00 bits per heavy atom.